The molecule has 104 valence electrons. The van der Waals surface area contributed by atoms with E-state index in [0.29, 0.717) is 5.56 Å². The summed E-state index contributed by atoms with van der Waals surface area (Å²) in [6, 6.07) is 9.18. The fourth-order valence-electron chi connectivity index (χ4n) is 2.15. The highest BCUT2D eigenvalue weighted by molar-refractivity contribution is 5.87. The maximum atomic E-state index is 11.0. The van der Waals surface area contributed by atoms with Crippen LogP contribution in [0.5, 0.6) is 0 Å². The minimum absolute atomic E-state index is 0.317. The van der Waals surface area contributed by atoms with E-state index in [1.54, 1.807) is 18.3 Å². The van der Waals surface area contributed by atoms with Gasteiger partial charge in [0.2, 0.25) is 0 Å². The van der Waals surface area contributed by atoms with Crippen LogP contribution in [0.3, 0.4) is 0 Å². The molecule has 0 saturated heterocycles. The van der Waals surface area contributed by atoms with Crippen LogP contribution in [0.1, 0.15) is 40.3 Å². The van der Waals surface area contributed by atoms with Crippen molar-refractivity contribution in [3.05, 3.63) is 59.2 Å². The molecule has 4 heteroatoms. The number of aromatic nitrogens is 2. The lowest BCUT2D eigenvalue weighted by Crippen LogP contribution is -2.02. The summed E-state index contributed by atoms with van der Waals surface area (Å²) in [5.41, 5.74) is 3.01. The van der Waals surface area contributed by atoms with Gasteiger partial charge in [-0.1, -0.05) is 6.07 Å². The largest absolute Gasteiger partial charge is 0.478 e. The van der Waals surface area contributed by atoms with Crippen molar-refractivity contribution in [3.8, 4) is 0 Å². The van der Waals surface area contributed by atoms with Crippen LogP contribution in [0.2, 0.25) is 0 Å². The van der Waals surface area contributed by atoms with Crippen LogP contribution in [0.4, 0.5) is 0 Å². The van der Waals surface area contributed by atoms with Gasteiger partial charge in [0.05, 0.1) is 5.56 Å². The molecule has 0 aliphatic heterocycles. The quantitative estimate of drug-likeness (QED) is 0.819. The van der Waals surface area contributed by atoms with Crippen LogP contribution >= 0.6 is 0 Å². The topological polar surface area (TPSA) is 63.1 Å². The molecule has 0 spiro atoms. The first-order valence-corrected chi connectivity index (χ1v) is 6.76. The molecule has 4 nitrogen and oxygen atoms in total. The molecule has 0 unspecified atom stereocenters. The molecule has 0 aromatic carbocycles. The van der Waals surface area contributed by atoms with Gasteiger partial charge in [-0.05, 0) is 56.9 Å². The van der Waals surface area contributed by atoms with Gasteiger partial charge in [0, 0.05) is 23.3 Å². The number of aryl methyl sites for hydroxylation is 3. The highest BCUT2D eigenvalue weighted by Gasteiger charge is 2.06. The Balaban J connectivity index is 1.86. The predicted molar refractivity (Wildman–Crippen MR) is 76.8 cm³/mol. The van der Waals surface area contributed by atoms with Gasteiger partial charge in [-0.2, -0.15) is 0 Å². The number of hydrogen-bond donors (Lipinski definition) is 1. The van der Waals surface area contributed by atoms with E-state index in [1.165, 1.54) is 0 Å². The summed E-state index contributed by atoms with van der Waals surface area (Å²) in [5, 5.41) is 9.02. The van der Waals surface area contributed by atoms with E-state index in [-0.39, 0.29) is 0 Å². The third-order valence-electron chi connectivity index (χ3n) is 3.10. The molecular formula is C16H18N2O2. The number of carboxylic acids is 1. The third-order valence-corrected chi connectivity index (χ3v) is 3.10. The van der Waals surface area contributed by atoms with Crippen molar-refractivity contribution >= 4 is 5.97 Å². The van der Waals surface area contributed by atoms with Crippen molar-refractivity contribution in [3.63, 3.8) is 0 Å². The van der Waals surface area contributed by atoms with E-state index in [9.17, 15) is 4.79 Å². The lowest BCUT2D eigenvalue weighted by molar-refractivity contribution is 0.0696. The van der Waals surface area contributed by atoms with Gasteiger partial charge in [-0.3, -0.25) is 9.97 Å². The van der Waals surface area contributed by atoms with Crippen LogP contribution < -0.4 is 0 Å². The Bertz CT molecular complexity index is 582. The molecule has 20 heavy (non-hydrogen) atoms. The van der Waals surface area contributed by atoms with E-state index in [1.807, 2.05) is 25.1 Å². The standard InChI is InChI=1S/C16H18N2O2/c1-12-10-13(16(19)20)11-15(18-12)8-3-2-6-14-7-4-5-9-17-14/h4-5,7,9-11H,2-3,6,8H2,1H3,(H,19,20). The van der Waals surface area contributed by atoms with Crippen LogP contribution in [-0.4, -0.2) is 21.0 Å². The summed E-state index contributed by atoms with van der Waals surface area (Å²) in [6.07, 6.45) is 5.55. The number of rotatable bonds is 6. The molecule has 0 saturated carbocycles. The molecule has 2 heterocycles. The number of hydrogen-bond acceptors (Lipinski definition) is 3. The summed E-state index contributed by atoms with van der Waals surface area (Å²) in [7, 11) is 0. The van der Waals surface area contributed by atoms with Gasteiger partial charge in [-0.25, -0.2) is 4.79 Å². The van der Waals surface area contributed by atoms with Crippen molar-refractivity contribution in [2.75, 3.05) is 0 Å². The molecule has 0 bridgehead atoms. The van der Waals surface area contributed by atoms with Crippen LogP contribution in [0, 0.1) is 6.92 Å². The highest BCUT2D eigenvalue weighted by Crippen LogP contribution is 2.10. The maximum absolute atomic E-state index is 11.0. The molecule has 0 radical (unpaired) electrons. The number of pyridine rings is 2. The SMILES string of the molecule is Cc1cc(C(=O)O)cc(CCCCc2ccccn2)n1. The van der Waals surface area contributed by atoms with Gasteiger partial charge in [0.1, 0.15) is 0 Å². The normalized spacial score (nSPS) is 10.4. The summed E-state index contributed by atoms with van der Waals surface area (Å²) >= 11 is 0. The predicted octanol–water partition coefficient (Wildman–Crippen LogP) is 3.05. The molecule has 2 aromatic heterocycles. The number of carboxylic acid groups (broad SMARTS) is 1. The van der Waals surface area contributed by atoms with E-state index < -0.39 is 5.97 Å². The molecule has 1 N–H and O–H groups in total. The van der Waals surface area contributed by atoms with Gasteiger partial charge in [0.15, 0.2) is 0 Å². The van der Waals surface area contributed by atoms with Gasteiger partial charge < -0.3 is 5.11 Å². The Kier molecular flexibility index (Phi) is 4.82. The molecule has 0 atom stereocenters. The Hall–Kier alpha value is -2.23. The van der Waals surface area contributed by atoms with E-state index in [4.69, 9.17) is 5.11 Å². The molecule has 0 amide bonds. The average Bonchev–Trinajstić information content (AvgIpc) is 2.44. The first-order chi connectivity index (χ1) is 9.65. The fourth-order valence-corrected chi connectivity index (χ4v) is 2.15. The average molecular weight is 270 g/mol. The van der Waals surface area contributed by atoms with Crippen LogP contribution in [0.25, 0.3) is 0 Å². The van der Waals surface area contributed by atoms with E-state index in [0.717, 1.165) is 42.8 Å². The molecule has 2 rings (SSSR count). The first-order valence-electron chi connectivity index (χ1n) is 6.76. The Morgan fingerprint density at radius 3 is 2.55 bits per heavy atom. The Labute approximate surface area is 118 Å². The summed E-state index contributed by atoms with van der Waals surface area (Å²) in [5.74, 6) is -0.898. The summed E-state index contributed by atoms with van der Waals surface area (Å²) in [4.78, 5) is 19.6. The highest BCUT2D eigenvalue weighted by atomic mass is 16.4. The zero-order valence-corrected chi connectivity index (χ0v) is 11.5. The van der Waals surface area contributed by atoms with Crippen molar-refractivity contribution < 1.29 is 9.90 Å². The summed E-state index contributed by atoms with van der Waals surface area (Å²) in [6.45, 7) is 1.82. The monoisotopic (exact) mass is 270 g/mol. The number of aromatic carboxylic acids is 1. The Morgan fingerprint density at radius 2 is 1.90 bits per heavy atom. The number of unbranched alkanes of at least 4 members (excludes halogenated alkanes) is 1. The van der Waals surface area contributed by atoms with Crippen LogP contribution in [0.15, 0.2) is 36.5 Å². The van der Waals surface area contributed by atoms with Crippen molar-refractivity contribution in [1.82, 2.24) is 9.97 Å². The summed E-state index contributed by atoms with van der Waals surface area (Å²) < 4.78 is 0. The van der Waals surface area contributed by atoms with Crippen molar-refractivity contribution in [1.29, 1.82) is 0 Å². The van der Waals surface area contributed by atoms with Gasteiger partial charge in [-0.15, -0.1) is 0 Å². The smallest absolute Gasteiger partial charge is 0.335 e. The molecule has 0 aliphatic carbocycles. The lowest BCUT2D eigenvalue weighted by atomic mass is 10.1. The minimum atomic E-state index is -0.898. The maximum Gasteiger partial charge on any atom is 0.335 e. The zero-order chi connectivity index (χ0) is 14.4. The first kappa shape index (κ1) is 14.2. The zero-order valence-electron chi connectivity index (χ0n) is 11.5. The second-order valence-electron chi connectivity index (χ2n) is 4.82. The van der Waals surface area contributed by atoms with Crippen LogP contribution in [-0.2, 0) is 12.8 Å². The second-order valence-corrected chi connectivity index (χ2v) is 4.82. The number of carbonyl (C=O) groups is 1. The number of nitrogens with zero attached hydrogens (tertiary/aromatic N) is 2. The third kappa shape index (κ3) is 4.16. The minimum Gasteiger partial charge on any atom is -0.478 e. The molecule has 2 aromatic rings. The fraction of sp³-hybridized carbons (Fsp3) is 0.312. The molecular weight excluding hydrogens is 252 g/mol. The molecule has 0 aliphatic rings. The second kappa shape index (κ2) is 6.80. The lowest BCUT2D eigenvalue weighted by Gasteiger charge is -2.04. The van der Waals surface area contributed by atoms with Crippen molar-refractivity contribution in [2.24, 2.45) is 0 Å². The van der Waals surface area contributed by atoms with Gasteiger partial charge >= 0.3 is 5.97 Å². The van der Waals surface area contributed by atoms with E-state index >= 15 is 0 Å². The Morgan fingerprint density at radius 1 is 1.15 bits per heavy atom. The van der Waals surface area contributed by atoms with Gasteiger partial charge in [0.25, 0.3) is 0 Å². The van der Waals surface area contributed by atoms with Crippen molar-refractivity contribution in [2.45, 2.75) is 32.6 Å². The molecule has 0 fully saturated rings. The van der Waals surface area contributed by atoms with E-state index in [2.05, 4.69) is 9.97 Å².